The summed E-state index contributed by atoms with van der Waals surface area (Å²) in [5, 5.41) is 4.83. The second-order valence-electron chi connectivity index (χ2n) is 4.70. The van der Waals surface area contributed by atoms with Crippen molar-refractivity contribution in [3.8, 4) is 0 Å². The van der Waals surface area contributed by atoms with E-state index in [1.807, 2.05) is 19.9 Å². The molecule has 1 aromatic heterocycles. The number of benzene rings is 1. The van der Waals surface area contributed by atoms with Crippen LogP contribution in [0.4, 0.5) is 5.13 Å². The summed E-state index contributed by atoms with van der Waals surface area (Å²) in [5.41, 5.74) is 3.31. The molecule has 110 valence electrons. The molecule has 0 aliphatic rings. The minimum atomic E-state index is -0.382. The number of nitrogens with zero attached hydrogens (tertiary/aromatic N) is 1. The minimum absolute atomic E-state index is 0.0852. The Morgan fingerprint density at radius 2 is 2.05 bits per heavy atom. The zero-order valence-corrected chi connectivity index (χ0v) is 12.9. The van der Waals surface area contributed by atoms with Crippen molar-refractivity contribution in [3.63, 3.8) is 0 Å². The number of carbonyl (C=O) groups is 2. The smallest absolute Gasteiger partial charge is 0.338 e. The average molecular weight is 304 g/mol. The van der Waals surface area contributed by atoms with Crippen LogP contribution in [0.1, 0.15) is 34.1 Å². The lowest BCUT2D eigenvalue weighted by atomic mass is 10.1. The highest BCUT2D eigenvalue weighted by Gasteiger charge is 2.10. The zero-order chi connectivity index (χ0) is 15.4. The second kappa shape index (κ2) is 6.49. The summed E-state index contributed by atoms with van der Waals surface area (Å²) in [6, 6.07) is 5.44. The first-order valence-electron chi connectivity index (χ1n) is 6.42. The standard InChI is InChI=1S/C15H16N2O3S/c1-9-4-5-12(6-10(9)2)14(19)20-7-13-8-21-15(17-13)16-11(3)18/h4-6,8H,7H2,1-3H3,(H,16,17,18). The van der Waals surface area contributed by atoms with Gasteiger partial charge in [0.15, 0.2) is 5.13 Å². The largest absolute Gasteiger partial charge is 0.456 e. The number of esters is 1. The number of aromatic nitrogens is 1. The fourth-order valence-corrected chi connectivity index (χ4v) is 2.41. The third-order valence-corrected chi connectivity index (χ3v) is 3.74. The highest BCUT2D eigenvalue weighted by Crippen LogP contribution is 2.17. The van der Waals surface area contributed by atoms with Crippen LogP contribution in [0.2, 0.25) is 0 Å². The van der Waals surface area contributed by atoms with Crippen molar-refractivity contribution in [2.75, 3.05) is 5.32 Å². The molecule has 1 heterocycles. The fourth-order valence-electron chi connectivity index (χ4n) is 1.67. The number of amides is 1. The summed E-state index contributed by atoms with van der Waals surface area (Å²) in [6.45, 7) is 5.44. The maximum absolute atomic E-state index is 11.9. The van der Waals surface area contributed by atoms with Gasteiger partial charge < -0.3 is 10.1 Å². The number of thiazole rings is 1. The molecule has 5 nitrogen and oxygen atoms in total. The SMILES string of the molecule is CC(=O)Nc1nc(COC(=O)c2ccc(C)c(C)c2)cs1. The lowest BCUT2D eigenvalue weighted by Gasteiger charge is -2.05. The quantitative estimate of drug-likeness (QED) is 0.881. The number of ether oxygens (including phenoxy) is 1. The van der Waals surface area contributed by atoms with E-state index >= 15 is 0 Å². The first kappa shape index (κ1) is 15.2. The van der Waals surface area contributed by atoms with Gasteiger partial charge in [0.25, 0.3) is 0 Å². The Morgan fingerprint density at radius 1 is 1.29 bits per heavy atom. The highest BCUT2D eigenvalue weighted by atomic mass is 32.1. The molecule has 1 aromatic carbocycles. The van der Waals surface area contributed by atoms with Crippen molar-refractivity contribution in [2.45, 2.75) is 27.4 Å². The molecule has 0 bridgehead atoms. The van der Waals surface area contributed by atoms with E-state index in [1.165, 1.54) is 18.3 Å². The lowest BCUT2D eigenvalue weighted by Crippen LogP contribution is -2.07. The van der Waals surface area contributed by atoms with Crippen LogP contribution < -0.4 is 5.32 Å². The van der Waals surface area contributed by atoms with Crippen LogP contribution >= 0.6 is 11.3 Å². The van der Waals surface area contributed by atoms with E-state index in [1.54, 1.807) is 17.5 Å². The van der Waals surface area contributed by atoms with E-state index in [9.17, 15) is 9.59 Å². The van der Waals surface area contributed by atoms with E-state index in [2.05, 4.69) is 10.3 Å². The van der Waals surface area contributed by atoms with E-state index in [-0.39, 0.29) is 18.5 Å². The Morgan fingerprint density at radius 3 is 2.71 bits per heavy atom. The zero-order valence-electron chi connectivity index (χ0n) is 12.1. The van der Waals surface area contributed by atoms with Gasteiger partial charge in [-0.15, -0.1) is 11.3 Å². The molecular formula is C15H16N2O3S. The maximum atomic E-state index is 11.9. The first-order valence-corrected chi connectivity index (χ1v) is 7.30. The molecule has 21 heavy (non-hydrogen) atoms. The molecule has 0 aliphatic heterocycles. The normalized spacial score (nSPS) is 10.2. The molecule has 0 fully saturated rings. The number of nitrogens with one attached hydrogen (secondary N) is 1. The molecule has 1 amide bonds. The van der Waals surface area contributed by atoms with Crippen molar-refractivity contribution >= 4 is 28.3 Å². The topological polar surface area (TPSA) is 68.3 Å². The summed E-state index contributed by atoms with van der Waals surface area (Å²) in [4.78, 5) is 27.0. The monoisotopic (exact) mass is 304 g/mol. The van der Waals surface area contributed by atoms with Gasteiger partial charge in [0.1, 0.15) is 6.61 Å². The van der Waals surface area contributed by atoms with E-state index in [4.69, 9.17) is 4.74 Å². The van der Waals surface area contributed by atoms with Crippen molar-refractivity contribution < 1.29 is 14.3 Å². The minimum Gasteiger partial charge on any atom is -0.456 e. The van der Waals surface area contributed by atoms with Crippen molar-refractivity contribution in [3.05, 3.63) is 46.0 Å². The van der Waals surface area contributed by atoms with Crippen LogP contribution in [-0.4, -0.2) is 16.9 Å². The van der Waals surface area contributed by atoms with Gasteiger partial charge >= 0.3 is 5.97 Å². The van der Waals surface area contributed by atoms with Crippen LogP contribution in [0, 0.1) is 13.8 Å². The Bertz CT molecular complexity index is 679. The van der Waals surface area contributed by atoms with Crippen molar-refractivity contribution in [1.29, 1.82) is 0 Å². The number of hydrogen-bond donors (Lipinski definition) is 1. The van der Waals surface area contributed by atoms with Crippen LogP contribution in [0.25, 0.3) is 0 Å². The van der Waals surface area contributed by atoms with Gasteiger partial charge in [0.2, 0.25) is 5.91 Å². The number of aryl methyl sites for hydroxylation is 2. The highest BCUT2D eigenvalue weighted by molar-refractivity contribution is 7.13. The second-order valence-corrected chi connectivity index (χ2v) is 5.56. The summed E-state index contributed by atoms with van der Waals surface area (Å²) in [6.07, 6.45) is 0. The molecule has 6 heteroatoms. The molecule has 2 rings (SSSR count). The Labute approximate surface area is 127 Å². The van der Waals surface area contributed by atoms with Gasteiger partial charge in [0.05, 0.1) is 11.3 Å². The van der Waals surface area contributed by atoms with Crippen LogP contribution in [-0.2, 0) is 16.1 Å². The molecule has 0 radical (unpaired) electrons. The molecule has 2 aromatic rings. The number of anilines is 1. The molecule has 0 saturated heterocycles. The lowest BCUT2D eigenvalue weighted by molar-refractivity contribution is -0.114. The summed E-state index contributed by atoms with van der Waals surface area (Å²) in [7, 11) is 0. The van der Waals surface area contributed by atoms with Gasteiger partial charge in [-0.05, 0) is 37.1 Å². The van der Waals surface area contributed by atoms with Gasteiger partial charge in [-0.2, -0.15) is 0 Å². The molecule has 0 saturated carbocycles. The summed E-state index contributed by atoms with van der Waals surface area (Å²) >= 11 is 1.30. The maximum Gasteiger partial charge on any atom is 0.338 e. The van der Waals surface area contributed by atoms with Gasteiger partial charge in [-0.3, -0.25) is 4.79 Å². The molecule has 0 aliphatic carbocycles. The van der Waals surface area contributed by atoms with Gasteiger partial charge in [-0.1, -0.05) is 6.07 Å². The Balaban J connectivity index is 1.95. The van der Waals surface area contributed by atoms with E-state index in [0.29, 0.717) is 16.4 Å². The van der Waals surface area contributed by atoms with Gasteiger partial charge in [0, 0.05) is 12.3 Å². The first-order chi connectivity index (χ1) is 9.95. The number of hydrogen-bond acceptors (Lipinski definition) is 5. The van der Waals surface area contributed by atoms with Crippen molar-refractivity contribution in [1.82, 2.24) is 4.98 Å². The predicted molar refractivity (Wildman–Crippen MR) is 81.5 cm³/mol. The summed E-state index contributed by atoms with van der Waals surface area (Å²) < 4.78 is 5.22. The van der Waals surface area contributed by atoms with Gasteiger partial charge in [-0.25, -0.2) is 9.78 Å². The molecule has 0 unspecified atom stereocenters. The van der Waals surface area contributed by atoms with Crippen LogP contribution in [0.5, 0.6) is 0 Å². The molecule has 0 atom stereocenters. The predicted octanol–water partition coefficient (Wildman–Crippen LogP) is 3.08. The van der Waals surface area contributed by atoms with E-state index in [0.717, 1.165) is 11.1 Å². The summed E-state index contributed by atoms with van der Waals surface area (Å²) in [5.74, 6) is -0.560. The number of rotatable bonds is 4. The molecule has 1 N–H and O–H groups in total. The molecular weight excluding hydrogens is 288 g/mol. The third kappa shape index (κ3) is 4.13. The van der Waals surface area contributed by atoms with Crippen molar-refractivity contribution in [2.24, 2.45) is 0 Å². The van der Waals surface area contributed by atoms with Crippen LogP contribution in [0.15, 0.2) is 23.6 Å². The Kier molecular flexibility index (Phi) is 4.70. The fraction of sp³-hybridized carbons (Fsp3) is 0.267. The third-order valence-electron chi connectivity index (χ3n) is 2.93. The van der Waals surface area contributed by atoms with Crippen LogP contribution in [0.3, 0.4) is 0 Å². The Hall–Kier alpha value is -2.21. The number of carbonyl (C=O) groups excluding carboxylic acids is 2. The van der Waals surface area contributed by atoms with E-state index < -0.39 is 0 Å². The average Bonchev–Trinajstić information content (AvgIpc) is 2.86. The molecule has 0 spiro atoms.